The van der Waals surface area contributed by atoms with E-state index in [0.717, 1.165) is 11.3 Å². The van der Waals surface area contributed by atoms with E-state index in [0.29, 0.717) is 5.82 Å². The summed E-state index contributed by atoms with van der Waals surface area (Å²) in [5, 5.41) is 2.93. The highest BCUT2D eigenvalue weighted by atomic mass is 35.5. The Morgan fingerprint density at radius 2 is 2.00 bits per heavy atom. The van der Waals surface area contributed by atoms with Crippen LogP contribution >= 0.6 is 11.6 Å². The summed E-state index contributed by atoms with van der Waals surface area (Å²) in [7, 11) is 1.60. The van der Waals surface area contributed by atoms with Crippen LogP contribution in [0.1, 0.15) is 5.56 Å². The Morgan fingerprint density at radius 3 is 2.58 bits per heavy atom. The average Bonchev–Trinajstić information content (AvgIpc) is 2.42. The first-order valence-corrected chi connectivity index (χ1v) is 5.95. The van der Waals surface area contributed by atoms with Gasteiger partial charge in [0.15, 0.2) is 5.82 Å². The normalized spacial score (nSPS) is 10.0. The lowest BCUT2D eigenvalue weighted by Crippen LogP contribution is -2.15. The molecule has 98 valence electrons. The predicted molar refractivity (Wildman–Crippen MR) is 72.4 cm³/mol. The van der Waals surface area contributed by atoms with Gasteiger partial charge in [-0.25, -0.2) is 9.97 Å². The zero-order chi connectivity index (χ0) is 13.7. The molecule has 6 heteroatoms. The Hall–Kier alpha value is -2.14. The molecular weight excluding hydrogens is 266 g/mol. The molecule has 0 unspecified atom stereocenters. The Kier molecular flexibility index (Phi) is 4.30. The van der Waals surface area contributed by atoms with Crippen LogP contribution in [-0.4, -0.2) is 23.0 Å². The minimum atomic E-state index is -0.165. The van der Waals surface area contributed by atoms with Crippen molar-refractivity contribution in [1.29, 1.82) is 0 Å². The minimum absolute atomic E-state index is 0.165. The fraction of sp³-hybridized carbons (Fsp3) is 0.154. The van der Waals surface area contributed by atoms with Gasteiger partial charge < -0.3 is 10.1 Å². The molecule has 1 heterocycles. The third kappa shape index (κ3) is 3.93. The third-order valence-corrected chi connectivity index (χ3v) is 2.61. The van der Waals surface area contributed by atoms with E-state index in [1.165, 1.54) is 12.4 Å². The highest BCUT2D eigenvalue weighted by Gasteiger charge is 2.05. The lowest BCUT2D eigenvalue weighted by atomic mass is 10.1. The van der Waals surface area contributed by atoms with E-state index >= 15 is 0 Å². The fourth-order valence-electron chi connectivity index (χ4n) is 1.49. The summed E-state index contributed by atoms with van der Waals surface area (Å²) in [6.07, 6.45) is 3.05. The highest BCUT2D eigenvalue weighted by molar-refractivity contribution is 6.29. The quantitative estimate of drug-likeness (QED) is 0.931. The van der Waals surface area contributed by atoms with Crippen LogP contribution in [0, 0.1) is 0 Å². The number of aromatic nitrogens is 2. The molecule has 1 N–H and O–H groups in total. The Morgan fingerprint density at radius 1 is 1.26 bits per heavy atom. The van der Waals surface area contributed by atoms with Gasteiger partial charge in [-0.1, -0.05) is 23.7 Å². The van der Waals surface area contributed by atoms with Crippen LogP contribution in [0.2, 0.25) is 5.15 Å². The van der Waals surface area contributed by atoms with E-state index < -0.39 is 0 Å². The van der Waals surface area contributed by atoms with Crippen LogP contribution < -0.4 is 10.1 Å². The van der Waals surface area contributed by atoms with Gasteiger partial charge >= 0.3 is 0 Å². The molecule has 1 aromatic heterocycles. The maximum absolute atomic E-state index is 11.8. The third-order valence-electron chi connectivity index (χ3n) is 2.41. The number of amides is 1. The van der Waals surface area contributed by atoms with Gasteiger partial charge in [0, 0.05) is 0 Å². The van der Waals surface area contributed by atoms with E-state index in [2.05, 4.69) is 15.3 Å². The predicted octanol–water partition coefficient (Wildman–Crippen LogP) is 2.32. The topological polar surface area (TPSA) is 64.1 Å². The zero-order valence-corrected chi connectivity index (χ0v) is 11.0. The van der Waals surface area contributed by atoms with Gasteiger partial charge in [-0.05, 0) is 17.7 Å². The minimum Gasteiger partial charge on any atom is -0.497 e. The second-order valence-corrected chi connectivity index (χ2v) is 4.18. The summed E-state index contributed by atoms with van der Waals surface area (Å²) in [6, 6.07) is 7.30. The molecule has 1 amide bonds. The first-order chi connectivity index (χ1) is 9.17. The molecule has 0 bridgehead atoms. The molecule has 0 saturated carbocycles. The van der Waals surface area contributed by atoms with Crippen molar-refractivity contribution >= 4 is 23.3 Å². The van der Waals surface area contributed by atoms with Crippen molar-refractivity contribution in [3.8, 4) is 5.75 Å². The van der Waals surface area contributed by atoms with Crippen LogP contribution in [-0.2, 0) is 11.2 Å². The molecule has 1 aromatic carbocycles. The van der Waals surface area contributed by atoms with E-state index in [-0.39, 0.29) is 17.5 Å². The molecule has 0 aliphatic heterocycles. The lowest BCUT2D eigenvalue weighted by Gasteiger charge is -2.05. The maximum atomic E-state index is 11.8. The summed E-state index contributed by atoms with van der Waals surface area (Å²) in [4.78, 5) is 19.6. The monoisotopic (exact) mass is 277 g/mol. The Bertz CT molecular complexity index is 555. The number of halogens is 1. The number of anilines is 1. The van der Waals surface area contributed by atoms with E-state index in [1.54, 1.807) is 7.11 Å². The lowest BCUT2D eigenvalue weighted by molar-refractivity contribution is -0.115. The number of nitrogens with one attached hydrogen (secondary N) is 1. The largest absolute Gasteiger partial charge is 0.497 e. The zero-order valence-electron chi connectivity index (χ0n) is 10.3. The Labute approximate surface area is 115 Å². The van der Waals surface area contributed by atoms with Gasteiger partial charge in [-0.2, -0.15) is 0 Å². The van der Waals surface area contributed by atoms with Crippen molar-refractivity contribution in [3.63, 3.8) is 0 Å². The summed E-state index contributed by atoms with van der Waals surface area (Å²) < 4.78 is 5.05. The SMILES string of the molecule is COc1ccc(CC(=O)Nc2cnc(Cl)cn2)cc1. The van der Waals surface area contributed by atoms with Crippen molar-refractivity contribution in [2.75, 3.05) is 12.4 Å². The summed E-state index contributed by atoms with van der Waals surface area (Å²) in [6.45, 7) is 0. The number of rotatable bonds is 4. The Balaban J connectivity index is 1.95. The number of hydrogen-bond donors (Lipinski definition) is 1. The van der Waals surface area contributed by atoms with Crippen molar-refractivity contribution in [1.82, 2.24) is 9.97 Å². The maximum Gasteiger partial charge on any atom is 0.229 e. The van der Waals surface area contributed by atoms with Gasteiger partial charge in [0.1, 0.15) is 10.9 Å². The molecule has 0 aliphatic rings. The van der Waals surface area contributed by atoms with Crippen molar-refractivity contribution in [3.05, 3.63) is 47.4 Å². The van der Waals surface area contributed by atoms with E-state index in [9.17, 15) is 4.79 Å². The molecule has 2 rings (SSSR count). The second-order valence-electron chi connectivity index (χ2n) is 3.80. The van der Waals surface area contributed by atoms with Crippen LogP contribution in [0.25, 0.3) is 0 Å². The second kappa shape index (κ2) is 6.15. The average molecular weight is 278 g/mol. The molecular formula is C13H12ClN3O2. The molecule has 0 atom stereocenters. The molecule has 0 spiro atoms. The highest BCUT2D eigenvalue weighted by Crippen LogP contribution is 2.12. The van der Waals surface area contributed by atoms with Crippen LogP contribution in [0.15, 0.2) is 36.7 Å². The van der Waals surface area contributed by atoms with Gasteiger partial charge in [0.05, 0.1) is 25.9 Å². The van der Waals surface area contributed by atoms with Crippen LogP contribution in [0.5, 0.6) is 5.75 Å². The number of hydrogen-bond acceptors (Lipinski definition) is 4. The first-order valence-electron chi connectivity index (χ1n) is 5.57. The van der Waals surface area contributed by atoms with Crippen molar-refractivity contribution in [2.24, 2.45) is 0 Å². The molecule has 0 fully saturated rings. The van der Waals surface area contributed by atoms with Gasteiger partial charge in [-0.3, -0.25) is 4.79 Å². The van der Waals surface area contributed by atoms with Gasteiger partial charge in [0.25, 0.3) is 0 Å². The van der Waals surface area contributed by atoms with E-state index in [1.807, 2.05) is 24.3 Å². The summed E-state index contributed by atoms with van der Waals surface area (Å²) >= 11 is 5.61. The summed E-state index contributed by atoms with van der Waals surface area (Å²) in [5.74, 6) is 0.970. The molecule has 0 radical (unpaired) electrons. The molecule has 19 heavy (non-hydrogen) atoms. The fourth-order valence-corrected chi connectivity index (χ4v) is 1.59. The van der Waals surface area contributed by atoms with Crippen molar-refractivity contribution in [2.45, 2.75) is 6.42 Å². The van der Waals surface area contributed by atoms with Crippen LogP contribution in [0.3, 0.4) is 0 Å². The molecule has 5 nitrogen and oxygen atoms in total. The molecule has 0 aliphatic carbocycles. The number of methoxy groups -OCH3 is 1. The standard InChI is InChI=1S/C13H12ClN3O2/c1-19-10-4-2-9(3-5-10)6-13(18)17-12-8-15-11(14)7-16-12/h2-5,7-8H,6H2,1H3,(H,16,17,18). The van der Waals surface area contributed by atoms with Gasteiger partial charge in [0.2, 0.25) is 5.91 Å². The number of nitrogens with zero attached hydrogens (tertiary/aromatic N) is 2. The van der Waals surface area contributed by atoms with Crippen LogP contribution in [0.4, 0.5) is 5.82 Å². The number of ether oxygens (including phenoxy) is 1. The number of carbonyl (C=O) groups excluding carboxylic acids is 1. The number of carbonyl (C=O) groups is 1. The summed E-state index contributed by atoms with van der Waals surface area (Å²) in [5.41, 5.74) is 0.889. The van der Waals surface area contributed by atoms with Crippen molar-refractivity contribution < 1.29 is 9.53 Å². The molecule has 0 saturated heterocycles. The number of benzene rings is 1. The smallest absolute Gasteiger partial charge is 0.229 e. The van der Waals surface area contributed by atoms with Gasteiger partial charge in [-0.15, -0.1) is 0 Å². The van der Waals surface area contributed by atoms with E-state index in [4.69, 9.17) is 16.3 Å². The first kappa shape index (κ1) is 13.3. The molecule has 2 aromatic rings.